The molecule has 0 radical (unpaired) electrons. The van der Waals surface area contributed by atoms with Crippen LogP contribution in [0.1, 0.15) is 39.2 Å². The molecule has 118 valence electrons. The highest BCUT2D eigenvalue weighted by Crippen LogP contribution is 2.30. The number of phenolic OH excluding ortho intramolecular Hbond substituents is 1. The summed E-state index contributed by atoms with van der Waals surface area (Å²) in [7, 11) is 0. The normalized spacial score (nSPS) is 18.6. The number of ether oxygens (including phenoxy) is 1. The van der Waals surface area contributed by atoms with Gasteiger partial charge < -0.3 is 9.84 Å². The van der Waals surface area contributed by atoms with Crippen molar-refractivity contribution in [3.05, 3.63) is 59.2 Å². The topological polar surface area (TPSA) is 29.5 Å². The Bertz CT molecular complexity index is 593. The number of hydrogen-bond donors (Lipinski definition) is 1. The first-order chi connectivity index (χ1) is 10.5. The fourth-order valence-electron chi connectivity index (χ4n) is 2.69. The summed E-state index contributed by atoms with van der Waals surface area (Å²) in [6, 6.07) is 7.42. The highest BCUT2D eigenvalue weighted by atomic mass is 16.5. The van der Waals surface area contributed by atoms with Gasteiger partial charge in [0.2, 0.25) is 0 Å². The van der Waals surface area contributed by atoms with Crippen molar-refractivity contribution in [3.8, 4) is 5.75 Å². The molecule has 1 aromatic carbocycles. The third-order valence-electron chi connectivity index (χ3n) is 4.15. The summed E-state index contributed by atoms with van der Waals surface area (Å²) in [4.78, 5) is 0. The maximum absolute atomic E-state index is 9.83. The number of para-hydroxylation sites is 1. The van der Waals surface area contributed by atoms with Gasteiger partial charge in [0.15, 0.2) is 0 Å². The number of benzene rings is 1. The smallest absolute Gasteiger partial charge is 0.122 e. The Labute approximate surface area is 133 Å². The Morgan fingerprint density at radius 1 is 1.41 bits per heavy atom. The van der Waals surface area contributed by atoms with E-state index in [0.717, 1.165) is 18.4 Å². The molecule has 0 saturated carbocycles. The molecule has 0 spiro atoms. The van der Waals surface area contributed by atoms with Gasteiger partial charge in [-0.05, 0) is 42.9 Å². The molecular weight excluding hydrogens is 272 g/mol. The zero-order valence-corrected chi connectivity index (χ0v) is 13.8. The maximum atomic E-state index is 9.83. The molecule has 1 heterocycles. The van der Waals surface area contributed by atoms with Crippen molar-refractivity contribution in [2.45, 2.75) is 39.7 Å². The average Bonchev–Trinajstić information content (AvgIpc) is 2.95. The zero-order chi connectivity index (χ0) is 16.1. The summed E-state index contributed by atoms with van der Waals surface area (Å²) < 4.78 is 5.83. The molecular formula is C20H26O2. The minimum absolute atomic E-state index is 0.155. The third-order valence-corrected chi connectivity index (χ3v) is 4.15. The van der Waals surface area contributed by atoms with Crippen LogP contribution in [-0.2, 0) is 4.74 Å². The summed E-state index contributed by atoms with van der Waals surface area (Å²) in [6.07, 6.45) is 6.26. The van der Waals surface area contributed by atoms with Gasteiger partial charge in [0, 0.05) is 5.56 Å². The molecule has 22 heavy (non-hydrogen) atoms. The third kappa shape index (κ3) is 4.11. The van der Waals surface area contributed by atoms with Crippen molar-refractivity contribution < 1.29 is 9.84 Å². The van der Waals surface area contributed by atoms with E-state index in [-0.39, 0.29) is 6.10 Å². The van der Waals surface area contributed by atoms with Crippen LogP contribution in [0.4, 0.5) is 0 Å². The Kier molecular flexibility index (Phi) is 5.62. The van der Waals surface area contributed by atoms with E-state index in [4.69, 9.17) is 4.74 Å². The molecule has 1 aliphatic heterocycles. The summed E-state index contributed by atoms with van der Waals surface area (Å²) in [5, 5.41) is 9.83. The molecule has 1 atom stereocenters. The molecule has 2 rings (SSSR count). The predicted molar refractivity (Wildman–Crippen MR) is 92.8 cm³/mol. The minimum Gasteiger partial charge on any atom is -0.507 e. The van der Waals surface area contributed by atoms with Crippen molar-refractivity contribution in [1.82, 2.24) is 0 Å². The number of hydrogen-bond acceptors (Lipinski definition) is 2. The van der Waals surface area contributed by atoms with Crippen LogP contribution in [0.2, 0.25) is 0 Å². The fraction of sp³-hybridized carbons (Fsp3) is 0.400. The SMILES string of the molecule is C=C(C1=CCOC1CC/C(C)=C/c1ccccc1O)C(C)C. The van der Waals surface area contributed by atoms with Crippen LogP contribution in [0.3, 0.4) is 0 Å². The van der Waals surface area contributed by atoms with E-state index in [1.807, 2.05) is 24.3 Å². The second-order valence-electron chi connectivity index (χ2n) is 6.25. The molecule has 0 bridgehead atoms. The molecule has 0 amide bonds. The van der Waals surface area contributed by atoms with Crippen molar-refractivity contribution in [3.63, 3.8) is 0 Å². The second-order valence-corrected chi connectivity index (χ2v) is 6.25. The van der Waals surface area contributed by atoms with E-state index >= 15 is 0 Å². The molecule has 0 saturated heterocycles. The first kappa shape index (κ1) is 16.6. The quantitative estimate of drug-likeness (QED) is 0.790. The summed E-state index contributed by atoms with van der Waals surface area (Å²) >= 11 is 0. The van der Waals surface area contributed by atoms with Gasteiger partial charge in [-0.2, -0.15) is 0 Å². The molecule has 1 unspecified atom stereocenters. The zero-order valence-electron chi connectivity index (χ0n) is 13.8. The van der Waals surface area contributed by atoms with Gasteiger partial charge in [-0.25, -0.2) is 0 Å². The molecule has 2 heteroatoms. The van der Waals surface area contributed by atoms with Crippen LogP contribution in [0.25, 0.3) is 6.08 Å². The summed E-state index contributed by atoms with van der Waals surface area (Å²) in [5.74, 6) is 0.779. The fourth-order valence-corrected chi connectivity index (χ4v) is 2.69. The van der Waals surface area contributed by atoms with Crippen molar-refractivity contribution in [2.24, 2.45) is 5.92 Å². The van der Waals surface area contributed by atoms with Gasteiger partial charge >= 0.3 is 0 Å². The molecule has 1 aliphatic rings. The number of aromatic hydroxyl groups is 1. The van der Waals surface area contributed by atoms with Gasteiger partial charge in [0.05, 0.1) is 12.7 Å². The molecule has 2 nitrogen and oxygen atoms in total. The van der Waals surface area contributed by atoms with Crippen molar-refractivity contribution in [1.29, 1.82) is 0 Å². The van der Waals surface area contributed by atoms with Crippen LogP contribution < -0.4 is 0 Å². The van der Waals surface area contributed by atoms with E-state index in [0.29, 0.717) is 18.3 Å². The lowest BCUT2D eigenvalue weighted by Crippen LogP contribution is -2.13. The Balaban J connectivity index is 1.97. The van der Waals surface area contributed by atoms with Gasteiger partial charge in [-0.15, -0.1) is 0 Å². The first-order valence-electron chi connectivity index (χ1n) is 7.95. The van der Waals surface area contributed by atoms with E-state index < -0.39 is 0 Å². The summed E-state index contributed by atoms with van der Waals surface area (Å²) in [6.45, 7) is 11.3. The molecule has 0 aliphatic carbocycles. The van der Waals surface area contributed by atoms with E-state index in [1.54, 1.807) is 6.07 Å². The number of phenols is 1. The predicted octanol–water partition coefficient (Wildman–Crippen LogP) is 5.11. The highest BCUT2D eigenvalue weighted by molar-refractivity contribution is 5.58. The maximum Gasteiger partial charge on any atom is 0.122 e. The lowest BCUT2D eigenvalue weighted by molar-refractivity contribution is 0.116. The van der Waals surface area contributed by atoms with Crippen LogP contribution >= 0.6 is 0 Å². The van der Waals surface area contributed by atoms with Crippen molar-refractivity contribution >= 4 is 6.08 Å². The lowest BCUT2D eigenvalue weighted by atomic mass is 9.91. The molecule has 1 N–H and O–H groups in total. The molecule has 1 aromatic rings. The summed E-state index contributed by atoms with van der Waals surface area (Å²) in [5.41, 5.74) is 4.57. The minimum atomic E-state index is 0.155. The largest absolute Gasteiger partial charge is 0.507 e. The van der Waals surface area contributed by atoms with Gasteiger partial charge in [0.25, 0.3) is 0 Å². The van der Waals surface area contributed by atoms with Gasteiger partial charge in [-0.1, -0.05) is 56.4 Å². The van der Waals surface area contributed by atoms with Crippen LogP contribution in [-0.4, -0.2) is 17.8 Å². The van der Waals surface area contributed by atoms with E-state index in [9.17, 15) is 5.11 Å². The number of allylic oxidation sites excluding steroid dienone is 1. The van der Waals surface area contributed by atoms with E-state index in [1.165, 1.54) is 16.7 Å². The average molecular weight is 298 g/mol. The number of rotatable bonds is 6. The Hall–Kier alpha value is -1.80. The van der Waals surface area contributed by atoms with Crippen LogP contribution in [0, 0.1) is 5.92 Å². The highest BCUT2D eigenvalue weighted by Gasteiger charge is 2.23. The first-order valence-corrected chi connectivity index (χ1v) is 7.95. The Morgan fingerprint density at radius 2 is 2.14 bits per heavy atom. The Morgan fingerprint density at radius 3 is 2.82 bits per heavy atom. The lowest BCUT2D eigenvalue weighted by Gasteiger charge is -2.19. The van der Waals surface area contributed by atoms with Gasteiger partial charge in [-0.3, -0.25) is 0 Å². The molecule has 0 fully saturated rings. The van der Waals surface area contributed by atoms with Gasteiger partial charge in [0.1, 0.15) is 5.75 Å². The van der Waals surface area contributed by atoms with E-state index in [2.05, 4.69) is 33.4 Å². The molecule has 0 aromatic heterocycles. The van der Waals surface area contributed by atoms with Crippen LogP contribution in [0.15, 0.2) is 53.6 Å². The van der Waals surface area contributed by atoms with Crippen LogP contribution in [0.5, 0.6) is 5.75 Å². The van der Waals surface area contributed by atoms with Crippen molar-refractivity contribution in [2.75, 3.05) is 6.61 Å². The standard InChI is InChI=1S/C20H26O2/c1-14(2)16(4)18-11-12-22-20(18)10-9-15(3)13-17-7-5-6-8-19(17)21/h5-8,11,13-14,20-21H,4,9-10,12H2,1-3H3/b15-13+. The second kappa shape index (κ2) is 7.46. The monoisotopic (exact) mass is 298 g/mol.